The van der Waals surface area contributed by atoms with Crippen molar-refractivity contribution < 1.29 is 18.8 Å². The maximum Gasteiger partial charge on any atom is 0.230 e. The number of ether oxygens (including phenoxy) is 2. The molecule has 1 atom stereocenters. The average molecular weight is 479 g/mol. The molecule has 1 N–H and O–H groups in total. The van der Waals surface area contributed by atoms with Gasteiger partial charge in [0.2, 0.25) is 5.91 Å². The summed E-state index contributed by atoms with van der Waals surface area (Å²) in [5.74, 6) is 2.86. The van der Waals surface area contributed by atoms with Crippen molar-refractivity contribution in [3.8, 4) is 22.8 Å². The first-order valence-corrected chi connectivity index (χ1v) is 11.6. The molecule has 0 saturated carbocycles. The van der Waals surface area contributed by atoms with E-state index in [4.69, 9.17) is 37.2 Å². The van der Waals surface area contributed by atoms with Gasteiger partial charge in [-0.1, -0.05) is 34.4 Å². The third-order valence-corrected chi connectivity index (χ3v) is 6.19. The first kappa shape index (κ1) is 21.9. The maximum atomic E-state index is 12.3. The molecule has 0 fully saturated rings. The molecule has 2 heterocycles. The maximum absolute atomic E-state index is 12.3. The fourth-order valence-electron chi connectivity index (χ4n) is 3.15. The Morgan fingerprint density at radius 2 is 1.94 bits per heavy atom. The molecule has 0 unspecified atom stereocenters. The van der Waals surface area contributed by atoms with Gasteiger partial charge in [0, 0.05) is 16.7 Å². The summed E-state index contributed by atoms with van der Waals surface area (Å²) in [4.78, 5) is 12.3. The van der Waals surface area contributed by atoms with Crippen molar-refractivity contribution in [2.24, 2.45) is 0 Å². The number of hydrogen-bond donors (Lipinski definition) is 1. The molecular weight excluding hydrogens is 459 g/mol. The van der Waals surface area contributed by atoms with Crippen LogP contribution in [0.3, 0.4) is 0 Å². The number of hydrogen-bond acceptors (Lipinski definition) is 6. The highest BCUT2D eigenvalue weighted by molar-refractivity contribution is 7.99. The summed E-state index contributed by atoms with van der Waals surface area (Å²) in [7, 11) is 0. The number of thioether (sulfide) groups is 1. The fraction of sp³-hybridized carbons (Fsp3) is 0.273. The summed E-state index contributed by atoms with van der Waals surface area (Å²) < 4.78 is 16.5. The Labute approximate surface area is 194 Å². The van der Waals surface area contributed by atoms with Gasteiger partial charge in [0.25, 0.3) is 0 Å². The van der Waals surface area contributed by atoms with E-state index in [2.05, 4.69) is 10.5 Å². The summed E-state index contributed by atoms with van der Waals surface area (Å²) in [6.07, 6.45) is 0. The first-order chi connectivity index (χ1) is 15.0. The molecule has 4 rings (SSSR count). The van der Waals surface area contributed by atoms with Crippen molar-refractivity contribution in [2.75, 3.05) is 19.0 Å². The topological polar surface area (TPSA) is 73.6 Å². The number of amides is 1. The highest BCUT2D eigenvalue weighted by Crippen LogP contribution is 2.33. The van der Waals surface area contributed by atoms with Gasteiger partial charge in [-0.2, -0.15) is 0 Å². The molecule has 1 aliphatic heterocycles. The van der Waals surface area contributed by atoms with Crippen molar-refractivity contribution in [2.45, 2.75) is 18.7 Å². The van der Waals surface area contributed by atoms with Crippen LogP contribution in [0.1, 0.15) is 24.3 Å². The lowest BCUT2D eigenvalue weighted by molar-refractivity contribution is -0.119. The minimum atomic E-state index is -0.146. The molecule has 0 saturated heterocycles. The number of carbonyl (C=O) groups is 1. The van der Waals surface area contributed by atoms with Crippen molar-refractivity contribution in [1.29, 1.82) is 0 Å². The molecular formula is C22H20Cl2N2O4S. The van der Waals surface area contributed by atoms with E-state index < -0.39 is 0 Å². The van der Waals surface area contributed by atoms with Gasteiger partial charge in [-0.25, -0.2) is 0 Å². The molecule has 0 spiro atoms. The zero-order chi connectivity index (χ0) is 21.8. The molecule has 1 aromatic heterocycles. The number of fused-ring (bicyclic) bond motifs is 1. The molecule has 2 aromatic carbocycles. The van der Waals surface area contributed by atoms with Crippen LogP contribution in [0.4, 0.5) is 0 Å². The Bertz CT molecular complexity index is 1090. The highest BCUT2D eigenvalue weighted by atomic mass is 35.5. The molecule has 9 heteroatoms. The van der Waals surface area contributed by atoms with Gasteiger partial charge in [-0.3, -0.25) is 4.79 Å². The van der Waals surface area contributed by atoms with E-state index in [1.54, 1.807) is 18.2 Å². The van der Waals surface area contributed by atoms with Crippen LogP contribution in [-0.4, -0.2) is 30.0 Å². The Morgan fingerprint density at radius 3 is 2.74 bits per heavy atom. The van der Waals surface area contributed by atoms with Crippen LogP contribution in [0.15, 0.2) is 47.0 Å². The number of nitrogens with zero attached hydrogens (tertiary/aromatic N) is 1. The summed E-state index contributed by atoms with van der Waals surface area (Å²) in [6, 6.07) is 12.6. The Kier molecular flexibility index (Phi) is 6.95. The number of aromatic nitrogens is 1. The predicted molar refractivity (Wildman–Crippen MR) is 122 cm³/mol. The van der Waals surface area contributed by atoms with E-state index in [0.29, 0.717) is 52.0 Å². The van der Waals surface area contributed by atoms with E-state index >= 15 is 0 Å². The standard InChI is InChI=1S/C22H20Cl2N2O4S/c1-13(14-2-5-20-21(8-14)29-7-6-28-20)25-22(27)12-31-11-16-10-19(26-30-16)17-4-3-15(23)9-18(17)24/h2-5,8-10,13H,6-7,11-12H2,1H3,(H,25,27)/t13-/m1/s1. The zero-order valence-electron chi connectivity index (χ0n) is 16.7. The van der Waals surface area contributed by atoms with Gasteiger partial charge in [0.1, 0.15) is 24.7 Å². The van der Waals surface area contributed by atoms with Gasteiger partial charge >= 0.3 is 0 Å². The molecule has 3 aromatic rings. The zero-order valence-corrected chi connectivity index (χ0v) is 19.0. The van der Waals surface area contributed by atoms with Gasteiger partial charge in [-0.15, -0.1) is 11.8 Å². The Morgan fingerprint density at radius 1 is 1.13 bits per heavy atom. The lowest BCUT2D eigenvalue weighted by Gasteiger charge is -2.21. The summed E-state index contributed by atoms with van der Waals surface area (Å²) >= 11 is 13.6. The van der Waals surface area contributed by atoms with Gasteiger partial charge in [0.15, 0.2) is 11.5 Å². The van der Waals surface area contributed by atoms with Crippen molar-refractivity contribution in [3.05, 3.63) is 63.8 Å². The lowest BCUT2D eigenvalue weighted by atomic mass is 10.1. The normalized spacial score (nSPS) is 13.6. The van der Waals surface area contributed by atoms with Crippen LogP contribution < -0.4 is 14.8 Å². The Balaban J connectivity index is 1.27. The SMILES string of the molecule is C[C@@H](NC(=O)CSCc1cc(-c2ccc(Cl)cc2Cl)no1)c1ccc2c(c1)OCCO2. The van der Waals surface area contributed by atoms with Crippen LogP contribution in [0.25, 0.3) is 11.3 Å². The van der Waals surface area contributed by atoms with Crippen molar-refractivity contribution in [1.82, 2.24) is 10.5 Å². The molecule has 31 heavy (non-hydrogen) atoms. The molecule has 1 aliphatic rings. The Hall–Kier alpha value is -2.35. The summed E-state index contributed by atoms with van der Waals surface area (Å²) in [5.41, 5.74) is 2.34. The van der Waals surface area contributed by atoms with E-state index in [-0.39, 0.29) is 11.9 Å². The van der Waals surface area contributed by atoms with E-state index in [1.165, 1.54) is 11.8 Å². The third kappa shape index (κ3) is 5.47. The molecule has 0 bridgehead atoms. The van der Waals surface area contributed by atoms with E-state index in [1.807, 2.05) is 31.2 Å². The smallest absolute Gasteiger partial charge is 0.230 e. The second-order valence-corrected chi connectivity index (χ2v) is 8.82. The number of rotatable bonds is 7. The molecule has 162 valence electrons. The highest BCUT2D eigenvalue weighted by Gasteiger charge is 2.16. The monoisotopic (exact) mass is 478 g/mol. The van der Waals surface area contributed by atoms with E-state index in [0.717, 1.165) is 16.9 Å². The minimum absolute atomic E-state index is 0.0622. The van der Waals surface area contributed by atoms with Crippen LogP contribution >= 0.6 is 35.0 Å². The van der Waals surface area contributed by atoms with Crippen molar-refractivity contribution >= 4 is 40.9 Å². The van der Waals surface area contributed by atoms with Crippen LogP contribution in [0.2, 0.25) is 10.0 Å². The van der Waals surface area contributed by atoms with Gasteiger partial charge in [-0.05, 0) is 42.8 Å². The number of nitrogens with one attached hydrogen (secondary N) is 1. The average Bonchev–Trinajstić information content (AvgIpc) is 3.22. The van der Waals surface area contributed by atoms with Crippen LogP contribution in [-0.2, 0) is 10.5 Å². The van der Waals surface area contributed by atoms with Crippen LogP contribution in [0.5, 0.6) is 11.5 Å². The molecule has 1 amide bonds. The number of benzene rings is 2. The third-order valence-electron chi connectivity index (χ3n) is 4.69. The fourth-order valence-corrected chi connectivity index (χ4v) is 4.36. The van der Waals surface area contributed by atoms with Crippen molar-refractivity contribution in [3.63, 3.8) is 0 Å². The van der Waals surface area contributed by atoms with Crippen LogP contribution in [0, 0.1) is 0 Å². The summed E-state index contributed by atoms with van der Waals surface area (Å²) in [5, 5.41) is 8.13. The van der Waals surface area contributed by atoms with Gasteiger partial charge < -0.3 is 19.3 Å². The quantitative estimate of drug-likeness (QED) is 0.481. The lowest BCUT2D eigenvalue weighted by Crippen LogP contribution is -2.28. The first-order valence-electron chi connectivity index (χ1n) is 9.67. The second-order valence-electron chi connectivity index (χ2n) is 6.99. The predicted octanol–water partition coefficient (Wildman–Crippen LogP) is 5.53. The molecule has 6 nitrogen and oxygen atoms in total. The minimum Gasteiger partial charge on any atom is -0.486 e. The number of halogens is 2. The molecule has 0 radical (unpaired) electrons. The summed E-state index contributed by atoms with van der Waals surface area (Å²) in [6.45, 7) is 3.02. The number of carbonyl (C=O) groups excluding carboxylic acids is 1. The van der Waals surface area contributed by atoms with Gasteiger partial charge in [0.05, 0.1) is 22.6 Å². The van der Waals surface area contributed by atoms with E-state index in [9.17, 15) is 4.79 Å². The second kappa shape index (κ2) is 9.85. The largest absolute Gasteiger partial charge is 0.486 e. The molecule has 0 aliphatic carbocycles.